The summed E-state index contributed by atoms with van der Waals surface area (Å²) in [5, 5.41) is 3.58. The summed E-state index contributed by atoms with van der Waals surface area (Å²) in [5.41, 5.74) is 2.12. The Morgan fingerprint density at radius 2 is 1.91 bits per heavy atom. The van der Waals surface area contributed by atoms with Gasteiger partial charge in [0.15, 0.2) is 0 Å². The number of rotatable bonds is 6. The maximum atomic E-state index is 13.5. The SMILES string of the molecule is CC(C)(NC(=O)c1ccccc1)C(=O)N1CCC[C@H]1c1cncc(Cc2cccc(Cl)c2)n1. The lowest BCUT2D eigenvalue weighted by atomic mass is 10.0. The Morgan fingerprint density at radius 3 is 2.67 bits per heavy atom. The van der Waals surface area contributed by atoms with Gasteiger partial charge in [-0.3, -0.25) is 19.6 Å². The third-order valence-electron chi connectivity index (χ3n) is 5.83. The summed E-state index contributed by atoms with van der Waals surface area (Å²) in [5.74, 6) is -0.399. The van der Waals surface area contributed by atoms with Gasteiger partial charge in [0.2, 0.25) is 5.91 Å². The number of amides is 2. The predicted molar refractivity (Wildman–Crippen MR) is 128 cm³/mol. The third kappa shape index (κ3) is 5.40. The number of nitrogens with one attached hydrogen (secondary N) is 1. The van der Waals surface area contributed by atoms with E-state index in [9.17, 15) is 9.59 Å². The van der Waals surface area contributed by atoms with Crippen molar-refractivity contribution >= 4 is 23.4 Å². The van der Waals surface area contributed by atoms with Gasteiger partial charge in [0.05, 0.1) is 23.6 Å². The summed E-state index contributed by atoms with van der Waals surface area (Å²) in [6.45, 7) is 4.11. The van der Waals surface area contributed by atoms with E-state index in [-0.39, 0.29) is 17.9 Å². The molecule has 1 aliphatic rings. The summed E-state index contributed by atoms with van der Waals surface area (Å²) >= 11 is 6.11. The molecule has 0 radical (unpaired) electrons. The quantitative estimate of drug-likeness (QED) is 0.581. The maximum Gasteiger partial charge on any atom is 0.252 e. The van der Waals surface area contributed by atoms with Crippen molar-refractivity contribution in [3.8, 4) is 0 Å². The Morgan fingerprint density at radius 1 is 1.12 bits per heavy atom. The Kier molecular flexibility index (Phi) is 6.75. The van der Waals surface area contributed by atoms with Crippen molar-refractivity contribution in [2.45, 2.75) is 44.7 Å². The van der Waals surface area contributed by atoms with Gasteiger partial charge in [0.25, 0.3) is 5.91 Å². The van der Waals surface area contributed by atoms with E-state index >= 15 is 0 Å². The Bertz CT molecular complexity index is 1150. The molecule has 3 aromatic rings. The minimum Gasteiger partial charge on any atom is -0.338 e. The number of carbonyl (C=O) groups excluding carboxylic acids is 2. The number of benzene rings is 2. The Hall–Kier alpha value is -3.25. The molecule has 1 fully saturated rings. The van der Waals surface area contributed by atoms with Crippen LogP contribution in [0.25, 0.3) is 0 Å². The summed E-state index contributed by atoms with van der Waals surface area (Å²) in [6, 6.07) is 16.4. The molecule has 2 aromatic carbocycles. The standard InChI is InChI=1S/C26H27ClN4O2/c1-26(2,30-24(32)19-9-4-3-5-10-19)25(33)31-13-7-12-23(31)22-17-28-16-21(29-22)15-18-8-6-11-20(27)14-18/h3-6,8-11,14,16-17,23H,7,12-13,15H2,1-2H3,(H,30,32)/t23-/m0/s1. The fourth-order valence-corrected chi connectivity index (χ4v) is 4.41. The maximum absolute atomic E-state index is 13.5. The van der Waals surface area contributed by atoms with Crippen LogP contribution in [0.3, 0.4) is 0 Å². The average molecular weight is 463 g/mol. The second-order valence-electron chi connectivity index (χ2n) is 8.84. The van der Waals surface area contributed by atoms with Crippen molar-refractivity contribution in [2.24, 2.45) is 0 Å². The molecule has 1 saturated heterocycles. The molecule has 2 amide bonds. The molecule has 2 heterocycles. The highest BCUT2D eigenvalue weighted by Gasteiger charge is 2.40. The lowest BCUT2D eigenvalue weighted by Crippen LogP contribution is -2.55. The molecule has 0 bridgehead atoms. The van der Waals surface area contributed by atoms with Crippen LogP contribution in [0.5, 0.6) is 0 Å². The van der Waals surface area contributed by atoms with Crippen LogP contribution < -0.4 is 5.32 Å². The van der Waals surface area contributed by atoms with E-state index in [1.165, 1.54) is 0 Å². The number of nitrogens with zero attached hydrogens (tertiary/aromatic N) is 3. The lowest BCUT2D eigenvalue weighted by molar-refractivity contribution is -0.137. The average Bonchev–Trinajstić information content (AvgIpc) is 3.29. The van der Waals surface area contributed by atoms with Crippen LogP contribution in [0, 0.1) is 0 Å². The van der Waals surface area contributed by atoms with Gasteiger partial charge in [-0.05, 0) is 56.5 Å². The van der Waals surface area contributed by atoms with Crippen LogP contribution in [0.1, 0.15) is 60.0 Å². The second-order valence-corrected chi connectivity index (χ2v) is 9.28. The second kappa shape index (κ2) is 9.71. The first-order valence-corrected chi connectivity index (χ1v) is 11.5. The van der Waals surface area contributed by atoms with Gasteiger partial charge in [-0.25, -0.2) is 0 Å². The van der Waals surface area contributed by atoms with Crippen molar-refractivity contribution in [1.29, 1.82) is 0 Å². The monoisotopic (exact) mass is 462 g/mol. The molecule has 6 nitrogen and oxygen atoms in total. The smallest absolute Gasteiger partial charge is 0.252 e. The van der Waals surface area contributed by atoms with E-state index in [0.717, 1.165) is 29.8 Å². The lowest BCUT2D eigenvalue weighted by Gasteiger charge is -2.33. The number of carbonyl (C=O) groups is 2. The Labute approximate surface area is 199 Å². The molecule has 0 aliphatic carbocycles. The number of halogens is 1. The first kappa shape index (κ1) is 22.9. The third-order valence-corrected chi connectivity index (χ3v) is 6.06. The number of aromatic nitrogens is 2. The van der Waals surface area contributed by atoms with Gasteiger partial charge in [-0.2, -0.15) is 0 Å². The van der Waals surface area contributed by atoms with Crippen molar-refractivity contribution < 1.29 is 9.59 Å². The summed E-state index contributed by atoms with van der Waals surface area (Å²) in [7, 11) is 0. The van der Waals surface area contributed by atoms with Gasteiger partial charge in [-0.1, -0.05) is 41.9 Å². The van der Waals surface area contributed by atoms with Crippen LogP contribution in [0.4, 0.5) is 0 Å². The molecule has 0 spiro atoms. The van der Waals surface area contributed by atoms with Crippen LogP contribution in [0.2, 0.25) is 5.02 Å². The molecule has 7 heteroatoms. The molecule has 0 unspecified atom stereocenters. The zero-order chi connectivity index (χ0) is 23.4. The molecule has 33 heavy (non-hydrogen) atoms. The highest BCUT2D eigenvalue weighted by molar-refractivity contribution is 6.30. The zero-order valence-electron chi connectivity index (χ0n) is 18.8. The van der Waals surface area contributed by atoms with Crippen molar-refractivity contribution in [3.05, 3.63) is 94.5 Å². The van der Waals surface area contributed by atoms with Crippen LogP contribution in [-0.4, -0.2) is 38.8 Å². The first-order valence-electron chi connectivity index (χ1n) is 11.1. The van der Waals surface area contributed by atoms with E-state index in [0.29, 0.717) is 23.6 Å². The van der Waals surface area contributed by atoms with Crippen molar-refractivity contribution in [3.63, 3.8) is 0 Å². The van der Waals surface area contributed by atoms with Crippen molar-refractivity contribution in [1.82, 2.24) is 20.2 Å². The van der Waals surface area contributed by atoms with Gasteiger partial charge in [0, 0.05) is 29.7 Å². The van der Waals surface area contributed by atoms with Crippen LogP contribution in [0.15, 0.2) is 67.0 Å². The van der Waals surface area contributed by atoms with E-state index in [1.54, 1.807) is 50.5 Å². The molecule has 1 atom stereocenters. The normalized spacial score (nSPS) is 16.0. The molecule has 1 aliphatic heterocycles. The summed E-state index contributed by atoms with van der Waals surface area (Å²) in [4.78, 5) is 37.2. The van der Waals surface area contributed by atoms with Crippen molar-refractivity contribution in [2.75, 3.05) is 6.54 Å². The molecule has 4 rings (SSSR count). The highest BCUT2D eigenvalue weighted by Crippen LogP contribution is 2.32. The Balaban J connectivity index is 1.50. The molecular weight excluding hydrogens is 436 g/mol. The minimum atomic E-state index is -1.05. The first-order chi connectivity index (χ1) is 15.8. The number of hydrogen-bond donors (Lipinski definition) is 1. The van der Waals surface area contributed by atoms with E-state index in [2.05, 4.69) is 10.3 Å². The largest absolute Gasteiger partial charge is 0.338 e. The summed E-state index contributed by atoms with van der Waals surface area (Å²) in [6.07, 6.45) is 5.77. The molecular formula is C26H27ClN4O2. The van der Waals surface area contributed by atoms with Gasteiger partial charge >= 0.3 is 0 Å². The highest BCUT2D eigenvalue weighted by atomic mass is 35.5. The van der Waals surface area contributed by atoms with Gasteiger partial charge in [-0.15, -0.1) is 0 Å². The fourth-order valence-electron chi connectivity index (χ4n) is 4.20. The molecule has 0 saturated carbocycles. The minimum absolute atomic E-state index is 0.128. The topological polar surface area (TPSA) is 75.2 Å². The van der Waals surface area contributed by atoms with Gasteiger partial charge < -0.3 is 10.2 Å². The molecule has 1 aromatic heterocycles. The molecule has 1 N–H and O–H groups in total. The predicted octanol–water partition coefficient (Wildman–Crippen LogP) is 4.59. The summed E-state index contributed by atoms with van der Waals surface area (Å²) < 4.78 is 0. The van der Waals surface area contributed by atoms with Crippen LogP contribution >= 0.6 is 11.6 Å². The van der Waals surface area contributed by atoms with Gasteiger partial charge in [0.1, 0.15) is 5.54 Å². The zero-order valence-corrected chi connectivity index (χ0v) is 19.5. The molecule has 170 valence electrons. The van der Waals surface area contributed by atoms with Crippen LogP contribution in [-0.2, 0) is 11.2 Å². The number of hydrogen-bond acceptors (Lipinski definition) is 4. The fraction of sp³-hybridized carbons (Fsp3) is 0.308. The number of likely N-dealkylation sites (tertiary alicyclic amines) is 1. The van der Waals surface area contributed by atoms with E-state index in [4.69, 9.17) is 16.6 Å². The van der Waals surface area contributed by atoms with E-state index < -0.39 is 5.54 Å². The van der Waals surface area contributed by atoms with E-state index in [1.807, 2.05) is 35.2 Å².